The molecule has 2 amide bonds. The minimum absolute atomic E-state index is 0.0362. The maximum atomic E-state index is 14.0. The van der Waals surface area contributed by atoms with Crippen molar-refractivity contribution in [2.75, 3.05) is 33.9 Å². The van der Waals surface area contributed by atoms with Gasteiger partial charge in [-0.15, -0.1) is 5.10 Å². The zero-order chi connectivity index (χ0) is 28.6. The van der Waals surface area contributed by atoms with Crippen molar-refractivity contribution in [2.24, 2.45) is 0 Å². The maximum absolute atomic E-state index is 14.0. The van der Waals surface area contributed by atoms with Crippen LogP contribution in [0, 0.1) is 0 Å². The van der Waals surface area contributed by atoms with Gasteiger partial charge in [-0.2, -0.15) is 0 Å². The Morgan fingerprint density at radius 2 is 1.98 bits per heavy atom. The van der Waals surface area contributed by atoms with Gasteiger partial charge in [0.25, 0.3) is 0 Å². The maximum Gasteiger partial charge on any atom is 0.247 e. The number of carbonyl (C=O) groups excluding carboxylic acids is 2. The Labute approximate surface area is 238 Å². The van der Waals surface area contributed by atoms with Gasteiger partial charge in [0.2, 0.25) is 11.8 Å². The summed E-state index contributed by atoms with van der Waals surface area (Å²) in [5.41, 5.74) is 2.97. The number of aromatic nitrogens is 4. The first-order valence-corrected chi connectivity index (χ1v) is 13.6. The fourth-order valence-corrected chi connectivity index (χ4v) is 5.06. The monoisotopic (exact) mass is 558 g/mol. The number of carbonyl (C=O) groups is 2. The molecule has 1 aliphatic heterocycles. The summed E-state index contributed by atoms with van der Waals surface area (Å²) < 4.78 is 18.1. The summed E-state index contributed by atoms with van der Waals surface area (Å²) >= 11 is 0. The molecule has 214 valence electrons. The Hall–Kier alpha value is -4.51. The highest BCUT2D eigenvalue weighted by Gasteiger charge is 2.32. The minimum Gasteiger partial charge on any atom is -0.493 e. The van der Waals surface area contributed by atoms with Gasteiger partial charge in [0.05, 0.1) is 25.8 Å². The van der Waals surface area contributed by atoms with Crippen LogP contribution < -0.4 is 14.8 Å². The van der Waals surface area contributed by atoms with Crippen molar-refractivity contribution in [3.05, 3.63) is 78.1 Å². The summed E-state index contributed by atoms with van der Waals surface area (Å²) in [7, 11) is 3.16. The van der Waals surface area contributed by atoms with Gasteiger partial charge in [0, 0.05) is 37.7 Å². The molecule has 1 saturated heterocycles. The Kier molecular flexibility index (Phi) is 9.05. The molecular weight excluding hydrogens is 524 g/mol. The van der Waals surface area contributed by atoms with E-state index >= 15 is 0 Å². The van der Waals surface area contributed by atoms with E-state index in [1.165, 1.54) is 0 Å². The average molecular weight is 559 g/mol. The molecular formula is C30H34N6O5. The predicted octanol–water partition coefficient (Wildman–Crippen LogP) is 2.95. The SMILES string of the molecule is COc1ccc(CCN(C(=O)Cn2nnc3ccccc32)[C@H](C(=O)NC[C@@H]2CCCO2)c2cccnc2)cc1OC. The molecule has 0 bridgehead atoms. The highest BCUT2D eigenvalue weighted by Crippen LogP contribution is 2.29. The summed E-state index contributed by atoms with van der Waals surface area (Å²) in [6, 6.07) is 15.7. The first-order valence-electron chi connectivity index (χ1n) is 13.6. The molecule has 41 heavy (non-hydrogen) atoms. The lowest BCUT2D eigenvalue weighted by Gasteiger charge is -2.31. The highest BCUT2D eigenvalue weighted by molar-refractivity contribution is 5.89. The first kappa shape index (κ1) is 28.0. The number of benzene rings is 2. The lowest BCUT2D eigenvalue weighted by molar-refractivity contribution is -0.141. The lowest BCUT2D eigenvalue weighted by Crippen LogP contribution is -2.47. The van der Waals surface area contributed by atoms with Crippen LogP contribution in [0.3, 0.4) is 0 Å². The third-order valence-electron chi connectivity index (χ3n) is 7.20. The quantitative estimate of drug-likeness (QED) is 0.282. The van der Waals surface area contributed by atoms with Crippen molar-refractivity contribution >= 4 is 22.8 Å². The van der Waals surface area contributed by atoms with Crippen molar-refractivity contribution < 1.29 is 23.8 Å². The van der Waals surface area contributed by atoms with Crippen molar-refractivity contribution in [2.45, 2.75) is 38.0 Å². The van der Waals surface area contributed by atoms with Crippen LogP contribution in [0.25, 0.3) is 11.0 Å². The third kappa shape index (κ3) is 6.63. The van der Waals surface area contributed by atoms with Crippen LogP contribution in [-0.2, 0) is 27.3 Å². The zero-order valence-electron chi connectivity index (χ0n) is 23.2. The van der Waals surface area contributed by atoms with Gasteiger partial charge >= 0.3 is 0 Å². The number of pyridine rings is 1. The highest BCUT2D eigenvalue weighted by atomic mass is 16.5. The van der Waals surface area contributed by atoms with E-state index in [1.54, 1.807) is 42.3 Å². The molecule has 5 rings (SSSR count). The second-order valence-electron chi connectivity index (χ2n) is 9.83. The number of rotatable bonds is 12. The van der Waals surface area contributed by atoms with Gasteiger partial charge in [0.15, 0.2) is 11.5 Å². The van der Waals surface area contributed by atoms with E-state index in [2.05, 4.69) is 20.6 Å². The Balaban J connectivity index is 1.45. The molecule has 2 atom stereocenters. The molecule has 0 saturated carbocycles. The number of para-hydroxylation sites is 1. The Bertz CT molecular complexity index is 1470. The summed E-state index contributed by atoms with van der Waals surface area (Å²) in [5, 5.41) is 11.4. The fourth-order valence-electron chi connectivity index (χ4n) is 5.06. The first-order chi connectivity index (χ1) is 20.1. The van der Waals surface area contributed by atoms with Gasteiger partial charge in [-0.25, -0.2) is 4.68 Å². The molecule has 0 spiro atoms. The molecule has 1 fully saturated rings. The summed E-state index contributed by atoms with van der Waals surface area (Å²) in [6.45, 7) is 1.24. The molecule has 1 aliphatic rings. The van der Waals surface area contributed by atoms with Crippen LogP contribution in [0.15, 0.2) is 67.0 Å². The molecule has 0 aliphatic carbocycles. The number of hydrogen-bond acceptors (Lipinski definition) is 8. The fraction of sp³-hybridized carbons (Fsp3) is 0.367. The van der Waals surface area contributed by atoms with Crippen LogP contribution in [0.2, 0.25) is 0 Å². The van der Waals surface area contributed by atoms with Crippen LogP contribution >= 0.6 is 0 Å². The molecule has 3 heterocycles. The number of amides is 2. The lowest BCUT2D eigenvalue weighted by atomic mass is 10.0. The molecule has 1 N–H and O–H groups in total. The number of ether oxygens (including phenoxy) is 3. The number of methoxy groups -OCH3 is 2. The standard InChI is InChI=1S/C30H34N6O5/c1-39-26-12-11-21(17-27(26)40-2)13-15-35(28(37)20-36-25-10-4-3-9-24(25)33-34-36)29(22-7-5-14-31-18-22)30(38)32-19-23-8-6-16-41-23/h3-5,7,9-12,14,17-18,23,29H,6,8,13,15-16,19-20H2,1-2H3,(H,32,38)/t23-,29-/m0/s1. The van der Waals surface area contributed by atoms with Crippen LogP contribution in [0.4, 0.5) is 0 Å². The van der Waals surface area contributed by atoms with Gasteiger partial charge in [0.1, 0.15) is 18.1 Å². The van der Waals surface area contributed by atoms with Crippen LogP contribution in [-0.4, -0.2) is 76.7 Å². The molecule has 2 aromatic heterocycles. The summed E-state index contributed by atoms with van der Waals surface area (Å²) in [6.07, 6.45) is 5.55. The predicted molar refractivity (Wildman–Crippen MR) is 151 cm³/mol. The largest absolute Gasteiger partial charge is 0.493 e. The number of nitrogens with one attached hydrogen (secondary N) is 1. The smallest absolute Gasteiger partial charge is 0.247 e. The average Bonchev–Trinajstić information content (AvgIpc) is 3.68. The number of nitrogens with zero attached hydrogens (tertiary/aromatic N) is 5. The van der Waals surface area contributed by atoms with Gasteiger partial charge in [-0.05, 0) is 55.2 Å². The van der Waals surface area contributed by atoms with Crippen molar-refractivity contribution in [1.29, 1.82) is 0 Å². The summed E-state index contributed by atoms with van der Waals surface area (Å²) in [4.78, 5) is 33.7. The zero-order valence-corrected chi connectivity index (χ0v) is 23.2. The number of hydrogen-bond donors (Lipinski definition) is 1. The van der Waals surface area contributed by atoms with E-state index < -0.39 is 6.04 Å². The van der Waals surface area contributed by atoms with E-state index in [1.807, 2.05) is 48.5 Å². The van der Waals surface area contributed by atoms with Gasteiger partial charge < -0.3 is 24.4 Å². The normalized spacial score (nSPS) is 15.4. The molecule has 0 unspecified atom stereocenters. The van der Waals surface area contributed by atoms with E-state index in [9.17, 15) is 9.59 Å². The molecule has 0 radical (unpaired) electrons. The van der Waals surface area contributed by atoms with Crippen LogP contribution in [0.5, 0.6) is 11.5 Å². The van der Waals surface area contributed by atoms with E-state index in [0.717, 1.165) is 23.9 Å². The molecule has 4 aromatic rings. The molecule has 2 aromatic carbocycles. The third-order valence-corrected chi connectivity index (χ3v) is 7.20. The van der Waals surface area contributed by atoms with Crippen molar-refractivity contribution in [3.63, 3.8) is 0 Å². The Morgan fingerprint density at radius 1 is 1.12 bits per heavy atom. The molecule has 11 nitrogen and oxygen atoms in total. The van der Waals surface area contributed by atoms with E-state index in [-0.39, 0.29) is 31.0 Å². The van der Waals surface area contributed by atoms with Crippen LogP contribution in [0.1, 0.15) is 30.0 Å². The second kappa shape index (κ2) is 13.2. The Morgan fingerprint density at radius 3 is 2.73 bits per heavy atom. The molecule has 11 heteroatoms. The van der Waals surface area contributed by atoms with E-state index in [0.29, 0.717) is 42.2 Å². The number of fused-ring (bicyclic) bond motifs is 1. The second-order valence-corrected chi connectivity index (χ2v) is 9.83. The van der Waals surface area contributed by atoms with Crippen molar-refractivity contribution in [1.82, 2.24) is 30.2 Å². The van der Waals surface area contributed by atoms with Crippen molar-refractivity contribution in [3.8, 4) is 11.5 Å². The topological polar surface area (TPSA) is 121 Å². The van der Waals surface area contributed by atoms with E-state index in [4.69, 9.17) is 14.2 Å². The minimum atomic E-state index is -0.910. The van der Waals surface area contributed by atoms with Gasteiger partial charge in [-0.3, -0.25) is 14.6 Å². The summed E-state index contributed by atoms with van der Waals surface area (Å²) in [5.74, 6) is 0.638. The van der Waals surface area contributed by atoms with Gasteiger partial charge in [-0.1, -0.05) is 29.5 Å².